The zero-order chi connectivity index (χ0) is 25.2. The predicted molar refractivity (Wildman–Crippen MR) is 143 cm³/mol. The summed E-state index contributed by atoms with van der Waals surface area (Å²) < 4.78 is 5.94. The highest BCUT2D eigenvalue weighted by Crippen LogP contribution is 2.40. The number of thioether (sulfide) groups is 1. The summed E-state index contributed by atoms with van der Waals surface area (Å²) in [5, 5.41) is 12.0. The number of furan rings is 1. The van der Waals surface area contributed by atoms with Gasteiger partial charge in [0, 0.05) is 23.7 Å². The van der Waals surface area contributed by atoms with Crippen LogP contribution in [0.15, 0.2) is 75.0 Å². The first-order valence-electron chi connectivity index (χ1n) is 11.8. The lowest BCUT2D eigenvalue weighted by molar-refractivity contribution is -0.384. The third-order valence-electron chi connectivity index (χ3n) is 6.54. The number of hydrogen-bond donors (Lipinski definition) is 0. The first-order chi connectivity index (χ1) is 17.4. The largest absolute Gasteiger partial charge is 0.457 e. The highest BCUT2D eigenvalue weighted by molar-refractivity contribution is 8.18. The van der Waals surface area contributed by atoms with E-state index in [4.69, 9.17) is 21.0 Å². The summed E-state index contributed by atoms with van der Waals surface area (Å²) in [5.74, 6) is 1.25. The number of carbonyl (C=O) groups excluding carboxylic acids is 1. The molecule has 2 aromatic carbocycles. The molecule has 9 heteroatoms. The minimum Gasteiger partial charge on any atom is -0.457 e. The predicted octanol–water partition coefficient (Wildman–Crippen LogP) is 7.69. The number of nitro benzene ring substituents is 1. The number of halogens is 1. The van der Waals surface area contributed by atoms with E-state index in [1.165, 1.54) is 30.3 Å². The molecule has 3 aromatic rings. The van der Waals surface area contributed by atoms with Gasteiger partial charge in [-0.3, -0.25) is 19.8 Å². The maximum Gasteiger partial charge on any atom is 0.288 e. The number of benzene rings is 2. The Bertz CT molecular complexity index is 1370. The van der Waals surface area contributed by atoms with E-state index in [0.29, 0.717) is 33.1 Å². The quantitative estimate of drug-likeness (QED) is 0.195. The Labute approximate surface area is 218 Å². The van der Waals surface area contributed by atoms with Gasteiger partial charge in [-0.1, -0.05) is 49.6 Å². The first kappa shape index (κ1) is 24.3. The number of amidine groups is 1. The summed E-state index contributed by atoms with van der Waals surface area (Å²) in [7, 11) is 0. The van der Waals surface area contributed by atoms with Gasteiger partial charge >= 0.3 is 0 Å². The van der Waals surface area contributed by atoms with Gasteiger partial charge in [0.05, 0.1) is 15.5 Å². The van der Waals surface area contributed by atoms with Crippen LogP contribution in [0.4, 0.5) is 11.4 Å². The average Bonchev–Trinajstić information content (AvgIpc) is 3.45. The van der Waals surface area contributed by atoms with Gasteiger partial charge in [0.25, 0.3) is 11.6 Å². The lowest BCUT2D eigenvalue weighted by Gasteiger charge is -2.35. The second-order valence-corrected chi connectivity index (χ2v) is 10.4. The minimum atomic E-state index is -0.528. The Morgan fingerprint density at radius 1 is 1.14 bits per heavy atom. The van der Waals surface area contributed by atoms with E-state index in [1.807, 2.05) is 35.2 Å². The Hall–Kier alpha value is -3.36. The van der Waals surface area contributed by atoms with Gasteiger partial charge in [0.2, 0.25) is 0 Å². The Kier molecular flexibility index (Phi) is 6.98. The molecule has 1 aliphatic carbocycles. The van der Waals surface area contributed by atoms with Gasteiger partial charge in [-0.05, 0) is 66.9 Å². The molecule has 2 fully saturated rings. The van der Waals surface area contributed by atoms with Gasteiger partial charge in [-0.25, -0.2) is 4.99 Å². The molecule has 1 aliphatic heterocycles. The molecule has 0 bridgehead atoms. The molecule has 2 aliphatic rings. The fraction of sp³-hybridized carbons (Fsp3) is 0.259. The first-order valence-corrected chi connectivity index (χ1v) is 13.0. The van der Waals surface area contributed by atoms with Crippen molar-refractivity contribution in [1.82, 2.24) is 4.90 Å². The Morgan fingerprint density at radius 3 is 2.67 bits per heavy atom. The summed E-state index contributed by atoms with van der Waals surface area (Å²) in [6, 6.07) is 17.7. The van der Waals surface area contributed by atoms with Gasteiger partial charge in [0.15, 0.2) is 5.17 Å². The van der Waals surface area contributed by atoms with Crippen molar-refractivity contribution in [2.24, 2.45) is 10.9 Å². The fourth-order valence-corrected chi connectivity index (χ4v) is 5.88. The van der Waals surface area contributed by atoms with E-state index in [9.17, 15) is 14.9 Å². The molecule has 5 rings (SSSR count). The van der Waals surface area contributed by atoms with Crippen molar-refractivity contribution < 1.29 is 14.1 Å². The number of para-hydroxylation sites is 1. The van der Waals surface area contributed by atoms with Crippen LogP contribution in [0.1, 0.15) is 38.4 Å². The minimum absolute atomic E-state index is 0.0628. The number of rotatable bonds is 5. The maximum atomic E-state index is 13.6. The third-order valence-corrected chi connectivity index (χ3v) is 7.85. The van der Waals surface area contributed by atoms with Crippen molar-refractivity contribution in [3.8, 4) is 11.3 Å². The lowest BCUT2D eigenvalue weighted by atomic mass is 9.85. The van der Waals surface area contributed by atoms with Crippen LogP contribution in [0.25, 0.3) is 17.4 Å². The number of nitro groups is 1. The number of nitrogens with zero attached hydrogens (tertiary/aromatic N) is 3. The monoisotopic (exact) mass is 521 g/mol. The molecule has 36 heavy (non-hydrogen) atoms. The maximum absolute atomic E-state index is 13.6. The summed E-state index contributed by atoms with van der Waals surface area (Å²) in [6.07, 6.45) is 6.03. The van der Waals surface area contributed by atoms with Crippen LogP contribution < -0.4 is 0 Å². The smallest absolute Gasteiger partial charge is 0.288 e. The van der Waals surface area contributed by atoms with Crippen LogP contribution in [0, 0.1) is 16.0 Å². The van der Waals surface area contributed by atoms with Crippen molar-refractivity contribution in [2.75, 3.05) is 0 Å². The second-order valence-electron chi connectivity index (χ2n) is 8.97. The molecule has 2 heterocycles. The fourth-order valence-electron chi connectivity index (χ4n) is 4.67. The van der Waals surface area contributed by atoms with Crippen LogP contribution >= 0.6 is 23.4 Å². The van der Waals surface area contributed by atoms with E-state index in [-0.39, 0.29) is 22.7 Å². The second kappa shape index (κ2) is 10.3. The van der Waals surface area contributed by atoms with Crippen molar-refractivity contribution >= 4 is 51.9 Å². The molecule has 0 N–H and O–H groups in total. The van der Waals surface area contributed by atoms with E-state index in [2.05, 4.69) is 6.92 Å². The lowest BCUT2D eigenvalue weighted by Crippen LogP contribution is -2.44. The average molecular weight is 522 g/mol. The van der Waals surface area contributed by atoms with Gasteiger partial charge in [-0.2, -0.15) is 0 Å². The zero-order valence-electron chi connectivity index (χ0n) is 19.6. The highest BCUT2D eigenvalue weighted by Gasteiger charge is 2.41. The molecular formula is C27H24ClN3O4S. The SMILES string of the molecule is C[C@@H]1CCCC[C@@H]1N1C(=O)/C(=C/c2ccc(-c3ccc(Cl)c([N+](=O)[O-])c3)o2)SC1=Nc1ccccc1. The normalized spacial score (nSPS) is 22.5. The molecule has 184 valence electrons. The van der Waals surface area contributed by atoms with Crippen molar-refractivity contribution in [3.63, 3.8) is 0 Å². The topological polar surface area (TPSA) is 89.0 Å². The molecule has 7 nitrogen and oxygen atoms in total. The molecule has 0 unspecified atom stereocenters. The molecule has 0 radical (unpaired) electrons. The van der Waals surface area contributed by atoms with Crippen molar-refractivity contribution in [2.45, 2.75) is 38.6 Å². The number of carbonyl (C=O) groups is 1. The third kappa shape index (κ3) is 4.96. The summed E-state index contributed by atoms with van der Waals surface area (Å²) in [5.41, 5.74) is 1.14. The van der Waals surface area contributed by atoms with Crippen LogP contribution in [-0.2, 0) is 4.79 Å². The van der Waals surface area contributed by atoms with Crippen LogP contribution in [-0.4, -0.2) is 26.9 Å². The number of amides is 1. The van der Waals surface area contributed by atoms with Crippen LogP contribution in [0.3, 0.4) is 0 Å². The van der Waals surface area contributed by atoms with Crippen LogP contribution in [0.5, 0.6) is 0 Å². The Balaban J connectivity index is 1.47. The molecule has 0 spiro atoms. The number of aliphatic imine (C=N–C) groups is 1. The highest BCUT2D eigenvalue weighted by atomic mass is 35.5. The van der Waals surface area contributed by atoms with E-state index < -0.39 is 4.92 Å². The molecular weight excluding hydrogens is 498 g/mol. The van der Waals surface area contributed by atoms with Crippen molar-refractivity contribution in [1.29, 1.82) is 0 Å². The Morgan fingerprint density at radius 2 is 1.92 bits per heavy atom. The molecule has 1 saturated heterocycles. The summed E-state index contributed by atoms with van der Waals surface area (Å²) in [6.45, 7) is 2.20. The van der Waals surface area contributed by atoms with Crippen molar-refractivity contribution in [3.05, 3.63) is 86.5 Å². The zero-order valence-corrected chi connectivity index (χ0v) is 21.2. The van der Waals surface area contributed by atoms with Gasteiger partial charge < -0.3 is 4.42 Å². The van der Waals surface area contributed by atoms with E-state index in [0.717, 1.165) is 24.9 Å². The van der Waals surface area contributed by atoms with Gasteiger partial charge in [-0.15, -0.1) is 0 Å². The number of hydrogen-bond acceptors (Lipinski definition) is 6. The standard InChI is InChI=1S/C27H24ClN3O4S/c1-17-7-5-6-10-22(17)30-26(32)25(36-27(30)29-19-8-3-2-4-9-19)16-20-12-14-24(35-20)18-11-13-21(28)23(15-18)31(33)34/h2-4,8-9,11-17,22H,5-7,10H2,1H3/b25-16-,29-27?/t17-,22+/m1/s1. The van der Waals surface area contributed by atoms with Gasteiger partial charge in [0.1, 0.15) is 16.5 Å². The molecule has 1 aromatic heterocycles. The molecule has 1 amide bonds. The summed E-state index contributed by atoms with van der Waals surface area (Å²) in [4.78, 5) is 31.5. The van der Waals surface area contributed by atoms with E-state index >= 15 is 0 Å². The molecule has 1 saturated carbocycles. The molecule has 2 atom stereocenters. The van der Waals surface area contributed by atoms with E-state index in [1.54, 1.807) is 24.3 Å². The summed E-state index contributed by atoms with van der Waals surface area (Å²) >= 11 is 7.28. The van der Waals surface area contributed by atoms with Crippen LogP contribution in [0.2, 0.25) is 5.02 Å².